The van der Waals surface area contributed by atoms with E-state index in [-0.39, 0.29) is 5.91 Å². The largest absolute Gasteiger partial charge is 0.497 e. The van der Waals surface area contributed by atoms with E-state index in [2.05, 4.69) is 12.2 Å². The van der Waals surface area contributed by atoms with Crippen molar-refractivity contribution in [1.82, 2.24) is 10.3 Å². The van der Waals surface area contributed by atoms with Crippen molar-refractivity contribution in [2.24, 2.45) is 0 Å². The van der Waals surface area contributed by atoms with E-state index in [4.69, 9.17) is 14.5 Å². The van der Waals surface area contributed by atoms with Gasteiger partial charge in [-0.05, 0) is 43.7 Å². The predicted octanol–water partition coefficient (Wildman–Crippen LogP) is 5.54. The third-order valence-corrected chi connectivity index (χ3v) is 5.21. The topological polar surface area (TPSA) is 60.5 Å². The van der Waals surface area contributed by atoms with Gasteiger partial charge in [0.05, 0.1) is 31.0 Å². The van der Waals surface area contributed by atoms with Crippen LogP contribution in [0.4, 0.5) is 0 Å². The fraction of sp³-hybridized carbons (Fsp3) is 0.360. The maximum Gasteiger partial charge on any atom is 0.252 e. The van der Waals surface area contributed by atoms with Crippen LogP contribution in [0.25, 0.3) is 22.2 Å². The average molecular weight is 407 g/mol. The maximum atomic E-state index is 13.1. The van der Waals surface area contributed by atoms with Gasteiger partial charge in [-0.2, -0.15) is 0 Å². The smallest absolute Gasteiger partial charge is 0.252 e. The zero-order chi connectivity index (χ0) is 21.5. The minimum absolute atomic E-state index is 0.0711. The van der Waals surface area contributed by atoms with E-state index in [9.17, 15) is 4.79 Å². The summed E-state index contributed by atoms with van der Waals surface area (Å²) in [6.45, 7) is 4.88. The first-order valence-corrected chi connectivity index (χ1v) is 10.5. The molecular formula is C25H30N2O3. The molecule has 1 amide bonds. The summed E-state index contributed by atoms with van der Waals surface area (Å²) in [5.41, 5.74) is 4.02. The molecule has 2 aromatic carbocycles. The van der Waals surface area contributed by atoms with Crippen molar-refractivity contribution >= 4 is 16.8 Å². The van der Waals surface area contributed by atoms with Gasteiger partial charge in [-0.15, -0.1) is 0 Å². The number of hydrogen-bond donors (Lipinski definition) is 1. The molecule has 0 spiro atoms. The Labute approximate surface area is 178 Å². The molecule has 5 heteroatoms. The number of rotatable bonds is 9. The Morgan fingerprint density at radius 2 is 1.83 bits per heavy atom. The van der Waals surface area contributed by atoms with Gasteiger partial charge in [-0.3, -0.25) is 4.79 Å². The average Bonchev–Trinajstić information content (AvgIpc) is 2.77. The highest BCUT2D eigenvalue weighted by molar-refractivity contribution is 6.07. The lowest BCUT2D eigenvalue weighted by Gasteiger charge is -2.14. The molecule has 0 aliphatic heterocycles. The van der Waals surface area contributed by atoms with Gasteiger partial charge in [0.15, 0.2) is 0 Å². The molecule has 0 saturated heterocycles. The summed E-state index contributed by atoms with van der Waals surface area (Å²) >= 11 is 0. The number of benzene rings is 2. The van der Waals surface area contributed by atoms with Crippen molar-refractivity contribution < 1.29 is 14.3 Å². The highest BCUT2D eigenvalue weighted by Crippen LogP contribution is 2.34. The Morgan fingerprint density at radius 1 is 1.00 bits per heavy atom. The summed E-state index contributed by atoms with van der Waals surface area (Å²) in [5.74, 6) is 1.29. The summed E-state index contributed by atoms with van der Waals surface area (Å²) in [4.78, 5) is 17.9. The van der Waals surface area contributed by atoms with Gasteiger partial charge in [-0.1, -0.05) is 37.8 Å². The summed E-state index contributed by atoms with van der Waals surface area (Å²) in [6.07, 6.45) is 4.48. The third-order valence-electron chi connectivity index (χ3n) is 5.21. The van der Waals surface area contributed by atoms with E-state index in [1.165, 1.54) is 12.8 Å². The van der Waals surface area contributed by atoms with Crippen LogP contribution in [0.15, 0.2) is 42.5 Å². The molecular weight excluding hydrogens is 376 g/mol. The van der Waals surface area contributed by atoms with Crippen LogP contribution in [-0.4, -0.2) is 31.7 Å². The Kier molecular flexibility index (Phi) is 7.28. The standard InChI is InChI=1S/C25H30N2O3/c1-5-6-7-8-13-26-25(28)21-16-23(27-22-12-9-17(2)14-20(21)22)19-11-10-18(29-3)15-24(19)30-4/h9-12,14-16H,5-8,13H2,1-4H3,(H,26,28). The number of hydrogen-bond acceptors (Lipinski definition) is 4. The van der Waals surface area contributed by atoms with E-state index in [0.717, 1.165) is 34.9 Å². The lowest BCUT2D eigenvalue weighted by atomic mass is 10.0. The molecule has 5 nitrogen and oxygen atoms in total. The number of carbonyl (C=O) groups is 1. The van der Waals surface area contributed by atoms with Gasteiger partial charge in [-0.25, -0.2) is 4.98 Å². The molecule has 0 aliphatic rings. The van der Waals surface area contributed by atoms with E-state index < -0.39 is 0 Å². The number of aryl methyl sites for hydroxylation is 1. The van der Waals surface area contributed by atoms with Crippen LogP contribution in [0.1, 0.15) is 48.5 Å². The zero-order valence-corrected chi connectivity index (χ0v) is 18.2. The minimum Gasteiger partial charge on any atom is -0.497 e. The van der Waals surface area contributed by atoms with Crippen molar-refractivity contribution in [3.63, 3.8) is 0 Å². The molecule has 1 N–H and O–H groups in total. The highest BCUT2D eigenvalue weighted by atomic mass is 16.5. The molecule has 158 valence electrons. The second-order valence-corrected chi connectivity index (χ2v) is 7.46. The van der Waals surface area contributed by atoms with Crippen LogP contribution in [0.3, 0.4) is 0 Å². The third kappa shape index (κ3) is 4.90. The van der Waals surface area contributed by atoms with Crippen LogP contribution >= 0.6 is 0 Å². The number of nitrogens with one attached hydrogen (secondary N) is 1. The molecule has 1 heterocycles. The monoisotopic (exact) mass is 406 g/mol. The molecule has 0 fully saturated rings. The maximum absolute atomic E-state index is 13.1. The van der Waals surface area contributed by atoms with Crippen molar-refractivity contribution in [3.05, 3.63) is 53.6 Å². The fourth-order valence-corrected chi connectivity index (χ4v) is 3.52. The lowest BCUT2D eigenvalue weighted by molar-refractivity contribution is 0.0954. The molecule has 0 saturated carbocycles. The predicted molar refractivity (Wildman–Crippen MR) is 121 cm³/mol. The van der Waals surface area contributed by atoms with E-state index in [1.54, 1.807) is 14.2 Å². The van der Waals surface area contributed by atoms with Crippen LogP contribution in [0.5, 0.6) is 11.5 Å². The van der Waals surface area contributed by atoms with Crippen molar-refractivity contribution in [2.45, 2.75) is 39.5 Å². The molecule has 30 heavy (non-hydrogen) atoms. The Morgan fingerprint density at radius 3 is 2.57 bits per heavy atom. The van der Waals surface area contributed by atoms with Gasteiger partial charge in [0.2, 0.25) is 0 Å². The number of aromatic nitrogens is 1. The summed E-state index contributed by atoms with van der Waals surface area (Å²) in [6, 6.07) is 13.4. The first kappa shape index (κ1) is 21.6. The Hall–Kier alpha value is -3.08. The van der Waals surface area contributed by atoms with Crippen molar-refractivity contribution in [3.8, 4) is 22.8 Å². The van der Waals surface area contributed by atoms with Crippen LogP contribution in [0.2, 0.25) is 0 Å². The molecule has 0 bridgehead atoms. The van der Waals surface area contributed by atoms with Crippen LogP contribution in [0, 0.1) is 6.92 Å². The number of pyridine rings is 1. The highest BCUT2D eigenvalue weighted by Gasteiger charge is 2.16. The van der Waals surface area contributed by atoms with Crippen molar-refractivity contribution in [2.75, 3.05) is 20.8 Å². The normalized spacial score (nSPS) is 10.8. The quantitative estimate of drug-likeness (QED) is 0.474. The van der Waals surface area contributed by atoms with Crippen LogP contribution in [-0.2, 0) is 0 Å². The number of fused-ring (bicyclic) bond motifs is 1. The van der Waals surface area contributed by atoms with Gasteiger partial charge >= 0.3 is 0 Å². The summed E-state index contributed by atoms with van der Waals surface area (Å²) in [7, 11) is 3.24. The first-order chi connectivity index (χ1) is 14.6. The SMILES string of the molecule is CCCCCCNC(=O)c1cc(-c2ccc(OC)cc2OC)nc2ccc(C)cc12. The van der Waals surface area contributed by atoms with Gasteiger partial charge in [0.1, 0.15) is 11.5 Å². The number of unbranched alkanes of at least 4 members (excludes halogenated alkanes) is 3. The van der Waals surface area contributed by atoms with E-state index >= 15 is 0 Å². The van der Waals surface area contributed by atoms with Crippen LogP contribution < -0.4 is 14.8 Å². The number of ether oxygens (including phenoxy) is 2. The number of carbonyl (C=O) groups excluding carboxylic acids is 1. The first-order valence-electron chi connectivity index (χ1n) is 10.5. The molecule has 3 rings (SSSR count). The number of nitrogens with zero attached hydrogens (tertiary/aromatic N) is 1. The molecule has 0 radical (unpaired) electrons. The van der Waals surface area contributed by atoms with E-state index in [0.29, 0.717) is 29.3 Å². The fourth-order valence-electron chi connectivity index (χ4n) is 3.52. The number of methoxy groups -OCH3 is 2. The summed E-state index contributed by atoms with van der Waals surface area (Å²) < 4.78 is 10.9. The minimum atomic E-state index is -0.0711. The van der Waals surface area contributed by atoms with Gasteiger partial charge in [0, 0.05) is 23.6 Å². The molecule has 3 aromatic rings. The summed E-state index contributed by atoms with van der Waals surface area (Å²) in [5, 5.41) is 3.94. The lowest BCUT2D eigenvalue weighted by Crippen LogP contribution is -2.25. The second kappa shape index (κ2) is 10.1. The zero-order valence-electron chi connectivity index (χ0n) is 18.2. The molecule has 0 aliphatic carbocycles. The molecule has 0 atom stereocenters. The second-order valence-electron chi connectivity index (χ2n) is 7.46. The molecule has 0 unspecified atom stereocenters. The van der Waals surface area contributed by atoms with Gasteiger partial charge < -0.3 is 14.8 Å². The van der Waals surface area contributed by atoms with Gasteiger partial charge in [0.25, 0.3) is 5.91 Å². The van der Waals surface area contributed by atoms with E-state index in [1.807, 2.05) is 49.4 Å². The Bertz CT molecular complexity index is 1030. The molecule has 1 aromatic heterocycles. The Balaban J connectivity index is 2.01. The number of amides is 1. The van der Waals surface area contributed by atoms with Crippen molar-refractivity contribution in [1.29, 1.82) is 0 Å².